The van der Waals surface area contributed by atoms with Gasteiger partial charge >= 0.3 is 6.03 Å². The van der Waals surface area contributed by atoms with Crippen LogP contribution in [0.1, 0.15) is 18.4 Å². The van der Waals surface area contributed by atoms with E-state index in [4.69, 9.17) is 0 Å². The number of carbonyl (C=O) groups excluding carboxylic acids is 1. The molecule has 1 fully saturated rings. The van der Waals surface area contributed by atoms with E-state index >= 15 is 0 Å². The van der Waals surface area contributed by atoms with Crippen molar-refractivity contribution in [2.75, 3.05) is 32.0 Å². The minimum Gasteiger partial charge on any atom is -0.338 e. The van der Waals surface area contributed by atoms with E-state index in [0.29, 0.717) is 5.92 Å². The van der Waals surface area contributed by atoms with Gasteiger partial charge in [0.15, 0.2) is 0 Å². The molecule has 2 rings (SSSR count). The topological polar surface area (TPSA) is 44.4 Å². The first-order valence-corrected chi connectivity index (χ1v) is 6.93. The van der Waals surface area contributed by atoms with Crippen LogP contribution >= 0.6 is 0 Å². The summed E-state index contributed by atoms with van der Waals surface area (Å²) in [6.07, 6.45) is 2.43. The van der Waals surface area contributed by atoms with Crippen molar-refractivity contribution < 1.29 is 4.79 Å². The Morgan fingerprint density at radius 1 is 1.37 bits per heavy atom. The second-order valence-electron chi connectivity index (χ2n) is 5.47. The van der Waals surface area contributed by atoms with Crippen molar-refractivity contribution in [3.8, 4) is 0 Å². The molecule has 4 nitrogen and oxygen atoms in total. The molecule has 0 saturated carbocycles. The van der Waals surface area contributed by atoms with E-state index in [1.807, 2.05) is 31.2 Å². The summed E-state index contributed by atoms with van der Waals surface area (Å²) in [5.41, 5.74) is 2.03. The average molecular weight is 261 g/mol. The molecular weight excluding hydrogens is 238 g/mol. The average Bonchev–Trinajstić information content (AvgIpc) is 2.39. The van der Waals surface area contributed by atoms with E-state index in [1.54, 1.807) is 0 Å². The van der Waals surface area contributed by atoms with Crippen LogP contribution in [0.5, 0.6) is 0 Å². The lowest BCUT2D eigenvalue weighted by molar-refractivity contribution is 0.204. The highest BCUT2D eigenvalue weighted by Gasteiger charge is 2.17. The minimum atomic E-state index is -0.114. The lowest BCUT2D eigenvalue weighted by Gasteiger charge is -2.29. The van der Waals surface area contributed by atoms with Gasteiger partial charge in [0, 0.05) is 18.8 Å². The Bertz CT molecular complexity index is 416. The van der Waals surface area contributed by atoms with E-state index < -0.39 is 0 Å². The van der Waals surface area contributed by atoms with Crippen molar-refractivity contribution in [2.24, 2.45) is 5.92 Å². The van der Waals surface area contributed by atoms with Crippen LogP contribution in [0, 0.1) is 12.8 Å². The lowest BCUT2D eigenvalue weighted by Crippen LogP contribution is -2.40. The Labute approximate surface area is 115 Å². The Hall–Kier alpha value is -1.55. The van der Waals surface area contributed by atoms with Gasteiger partial charge in [-0.05, 0) is 51.4 Å². The molecule has 0 bridgehead atoms. The highest BCUT2D eigenvalue weighted by atomic mass is 16.2. The Balaban J connectivity index is 1.73. The van der Waals surface area contributed by atoms with Crippen molar-refractivity contribution in [1.29, 1.82) is 0 Å². The summed E-state index contributed by atoms with van der Waals surface area (Å²) >= 11 is 0. The maximum absolute atomic E-state index is 11.8. The molecule has 1 aromatic carbocycles. The molecule has 0 aromatic heterocycles. The summed E-state index contributed by atoms with van der Waals surface area (Å²) < 4.78 is 0. The maximum atomic E-state index is 11.8. The number of hydrogen-bond acceptors (Lipinski definition) is 2. The number of urea groups is 1. The fourth-order valence-corrected chi connectivity index (χ4v) is 2.49. The van der Waals surface area contributed by atoms with Gasteiger partial charge in [0.2, 0.25) is 0 Å². The van der Waals surface area contributed by atoms with Gasteiger partial charge in [0.05, 0.1) is 0 Å². The summed E-state index contributed by atoms with van der Waals surface area (Å²) in [4.78, 5) is 14.1. The third-order valence-corrected chi connectivity index (χ3v) is 3.58. The van der Waals surface area contributed by atoms with Gasteiger partial charge in [-0.3, -0.25) is 0 Å². The fraction of sp³-hybridized carbons (Fsp3) is 0.533. The van der Waals surface area contributed by atoms with Gasteiger partial charge < -0.3 is 15.5 Å². The van der Waals surface area contributed by atoms with E-state index in [9.17, 15) is 4.79 Å². The maximum Gasteiger partial charge on any atom is 0.319 e. The van der Waals surface area contributed by atoms with E-state index in [2.05, 4.69) is 22.6 Å². The number of amides is 2. The van der Waals surface area contributed by atoms with Crippen LogP contribution in [0.15, 0.2) is 24.3 Å². The number of nitrogens with one attached hydrogen (secondary N) is 2. The lowest BCUT2D eigenvalue weighted by atomic mass is 9.99. The fourth-order valence-electron chi connectivity index (χ4n) is 2.49. The Morgan fingerprint density at radius 2 is 2.11 bits per heavy atom. The quantitative estimate of drug-likeness (QED) is 0.878. The smallest absolute Gasteiger partial charge is 0.319 e. The van der Waals surface area contributed by atoms with E-state index in [-0.39, 0.29) is 6.03 Å². The zero-order valence-corrected chi connectivity index (χ0v) is 11.8. The SMILES string of the molecule is Cc1ccc(NC(=O)NC[C@@H]2CCCN(C)C2)cc1. The summed E-state index contributed by atoms with van der Waals surface area (Å²) in [5, 5.41) is 5.82. The molecule has 4 heteroatoms. The molecule has 1 saturated heterocycles. The number of hydrogen-bond donors (Lipinski definition) is 2. The first-order chi connectivity index (χ1) is 9.13. The minimum absolute atomic E-state index is 0.114. The van der Waals surface area contributed by atoms with Crippen LogP contribution in [-0.4, -0.2) is 37.6 Å². The van der Waals surface area contributed by atoms with Crippen LogP contribution < -0.4 is 10.6 Å². The molecular formula is C15H23N3O. The molecule has 0 aliphatic carbocycles. The predicted octanol–water partition coefficient (Wildman–Crippen LogP) is 2.46. The molecule has 1 aromatic rings. The summed E-state index contributed by atoms with van der Waals surface area (Å²) in [7, 11) is 2.14. The zero-order chi connectivity index (χ0) is 13.7. The van der Waals surface area contributed by atoms with Gasteiger partial charge in [-0.1, -0.05) is 17.7 Å². The Kier molecular flexibility index (Phi) is 4.80. The second kappa shape index (κ2) is 6.57. The third kappa shape index (κ3) is 4.56. The largest absolute Gasteiger partial charge is 0.338 e. The van der Waals surface area contributed by atoms with Crippen LogP contribution in [0.25, 0.3) is 0 Å². The third-order valence-electron chi connectivity index (χ3n) is 3.58. The van der Waals surface area contributed by atoms with Crippen molar-refractivity contribution in [1.82, 2.24) is 10.2 Å². The van der Waals surface area contributed by atoms with Crippen LogP contribution in [0.3, 0.4) is 0 Å². The predicted molar refractivity (Wildman–Crippen MR) is 78.4 cm³/mol. The molecule has 1 aliphatic rings. The molecule has 2 N–H and O–H groups in total. The highest BCUT2D eigenvalue weighted by molar-refractivity contribution is 5.89. The number of likely N-dealkylation sites (tertiary alicyclic amines) is 1. The van der Waals surface area contributed by atoms with Gasteiger partial charge in [0.1, 0.15) is 0 Å². The van der Waals surface area contributed by atoms with Crippen molar-refractivity contribution in [3.63, 3.8) is 0 Å². The van der Waals surface area contributed by atoms with Crippen molar-refractivity contribution in [3.05, 3.63) is 29.8 Å². The summed E-state index contributed by atoms with van der Waals surface area (Å²) in [5.74, 6) is 0.572. The number of benzene rings is 1. The van der Waals surface area contributed by atoms with Gasteiger partial charge in [-0.2, -0.15) is 0 Å². The molecule has 2 amide bonds. The van der Waals surface area contributed by atoms with Gasteiger partial charge in [-0.25, -0.2) is 4.79 Å². The van der Waals surface area contributed by atoms with E-state index in [0.717, 1.165) is 18.8 Å². The van der Waals surface area contributed by atoms with Gasteiger partial charge in [-0.15, -0.1) is 0 Å². The van der Waals surface area contributed by atoms with Gasteiger partial charge in [0.25, 0.3) is 0 Å². The van der Waals surface area contributed by atoms with Crippen LogP contribution in [0.2, 0.25) is 0 Å². The molecule has 0 radical (unpaired) electrons. The number of aryl methyl sites for hydroxylation is 1. The summed E-state index contributed by atoms with van der Waals surface area (Å²) in [6, 6.07) is 7.71. The normalized spacial score (nSPS) is 20.0. The number of carbonyl (C=O) groups is 1. The van der Waals surface area contributed by atoms with Crippen LogP contribution in [-0.2, 0) is 0 Å². The molecule has 0 spiro atoms. The first-order valence-electron chi connectivity index (χ1n) is 6.93. The highest BCUT2D eigenvalue weighted by Crippen LogP contribution is 2.14. The van der Waals surface area contributed by atoms with Crippen LogP contribution in [0.4, 0.5) is 10.5 Å². The number of nitrogens with zero attached hydrogens (tertiary/aromatic N) is 1. The first kappa shape index (κ1) is 13.9. The number of piperidine rings is 1. The van der Waals surface area contributed by atoms with Crippen molar-refractivity contribution in [2.45, 2.75) is 19.8 Å². The second-order valence-corrected chi connectivity index (χ2v) is 5.47. The molecule has 1 atom stereocenters. The molecule has 1 heterocycles. The number of rotatable bonds is 3. The monoisotopic (exact) mass is 261 g/mol. The standard InChI is InChI=1S/C15H23N3O/c1-12-5-7-14(8-6-12)17-15(19)16-10-13-4-3-9-18(2)11-13/h5-8,13H,3-4,9-11H2,1-2H3,(H2,16,17,19)/t13-/m0/s1. The molecule has 104 valence electrons. The zero-order valence-electron chi connectivity index (χ0n) is 11.8. The van der Waals surface area contributed by atoms with Crippen molar-refractivity contribution >= 4 is 11.7 Å². The molecule has 19 heavy (non-hydrogen) atoms. The summed E-state index contributed by atoms with van der Waals surface area (Å²) in [6.45, 7) is 5.03. The molecule has 0 unspecified atom stereocenters. The number of anilines is 1. The molecule has 1 aliphatic heterocycles. The Morgan fingerprint density at radius 3 is 2.79 bits per heavy atom. The van der Waals surface area contributed by atoms with E-state index in [1.165, 1.54) is 24.9 Å².